The van der Waals surface area contributed by atoms with E-state index in [1.54, 1.807) is 21.3 Å². The summed E-state index contributed by atoms with van der Waals surface area (Å²) in [5.41, 5.74) is 5.20. The van der Waals surface area contributed by atoms with Crippen molar-refractivity contribution < 1.29 is 14.2 Å². The predicted molar refractivity (Wildman–Crippen MR) is 110 cm³/mol. The van der Waals surface area contributed by atoms with Gasteiger partial charge >= 0.3 is 0 Å². The van der Waals surface area contributed by atoms with Gasteiger partial charge in [-0.1, -0.05) is 6.07 Å². The van der Waals surface area contributed by atoms with E-state index in [2.05, 4.69) is 41.8 Å². The van der Waals surface area contributed by atoms with Crippen molar-refractivity contribution in [2.24, 2.45) is 0 Å². The number of hydrogen-bond donors (Lipinski definition) is 0. The standard InChI is InChI=1S/C22H30N2O3/c1-16-6-7-19(12-17(16)2)24-10-8-23(9-11-24)15-18-13-20(25-3)22(27-5)21(14-18)26-4/h6-7,12-14H,8-11,15H2,1-5H3. The highest BCUT2D eigenvalue weighted by Crippen LogP contribution is 2.38. The van der Waals surface area contributed by atoms with Crippen LogP contribution >= 0.6 is 0 Å². The summed E-state index contributed by atoms with van der Waals surface area (Å²) < 4.78 is 16.4. The number of piperazine rings is 1. The molecule has 1 fully saturated rings. The van der Waals surface area contributed by atoms with Gasteiger partial charge in [0.25, 0.3) is 0 Å². The van der Waals surface area contributed by atoms with E-state index in [1.165, 1.54) is 22.4 Å². The molecule has 2 aromatic carbocycles. The van der Waals surface area contributed by atoms with Gasteiger partial charge in [-0.15, -0.1) is 0 Å². The number of ether oxygens (including phenoxy) is 3. The van der Waals surface area contributed by atoms with Gasteiger partial charge in [-0.25, -0.2) is 0 Å². The average molecular weight is 370 g/mol. The van der Waals surface area contributed by atoms with E-state index in [0.717, 1.165) is 32.7 Å². The molecule has 27 heavy (non-hydrogen) atoms. The van der Waals surface area contributed by atoms with E-state index in [-0.39, 0.29) is 0 Å². The van der Waals surface area contributed by atoms with Crippen molar-refractivity contribution in [1.29, 1.82) is 0 Å². The van der Waals surface area contributed by atoms with Crippen molar-refractivity contribution >= 4 is 5.69 Å². The van der Waals surface area contributed by atoms with E-state index < -0.39 is 0 Å². The highest BCUT2D eigenvalue weighted by Gasteiger charge is 2.19. The lowest BCUT2D eigenvalue weighted by Gasteiger charge is -2.36. The van der Waals surface area contributed by atoms with Crippen molar-refractivity contribution in [2.45, 2.75) is 20.4 Å². The molecule has 0 unspecified atom stereocenters. The maximum Gasteiger partial charge on any atom is 0.203 e. The summed E-state index contributed by atoms with van der Waals surface area (Å²) in [4.78, 5) is 4.94. The van der Waals surface area contributed by atoms with E-state index in [1.807, 2.05) is 12.1 Å². The summed E-state index contributed by atoms with van der Waals surface area (Å²) in [6.45, 7) is 9.35. The molecular formula is C22H30N2O3. The van der Waals surface area contributed by atoms with Crippen LogP contribution in [-0.2, 0) is 6.54 Å². The van der Waals surface area contributed by atoms with Crippen LogP contribution in [0.2, 0.25) is 0 Å². The lowest BCUT2D eigenvalue weighted by atomic mass is 10.1. The first-order chi connectivity index (χ1) is 13.0. The molecule has 0 bridgehead atoms. The van der Waals surface area contributed by atoms with Crippen LogP contribution in [0.1, 0.15) is 16.7 Å². The lowest BCUT2D eigenvalue weighted by Crippen LogP contribution is -2.46. The molecule has 0 atom stereocenters. The quantitative estimate of drug-likeness (QED) is 0.775. The number of aryl methyl sites for hydroxylation is 2. The number of hydrogen-bond acceptors (Lipinski definition) is 5. The largest absolute Gasteiger partial charge is 0.493 e. The smallest absolute Gasteiger partial charge is 0.203 e. The molecule has 3 rings (SSSR count). The number of nitrogens with zero attached hydrogens (tertiary/aromatic N) is 2. The fraction of sp³-hybridized carbons (Fsp3) is 0.455. The fourth-order valence-corrected chi connectivity index (χ4v) is 3.57. The fourth-order valence-electron chi connectivity index (χ4n) is 3.57. The molecule has 0 saturated carbocycles. The molecule has 0 radical (unpaired) electrons. The molecule has 1 aliphatic heterocycles. The SMILES string of the molecule is COc1cc(CN2CCN(c3ccc(C)c(C)c3)CC2)cc(OC)c1OC. The highest BCUT2D eigenvalue weighted by molar-refractivity contribution is 5.54. The Morgan fingerprint density at radius 2 is 1.41 bits per heavy atom. The first-order valence-corrected chi connectivity index (χ1v) is 9.39. The summed E-state index contributed by atoms with van der Waals surface area (Å²) >= 11 is 0. The number of benzene rings is 2. The maximum atomic E-state index is 5.47. The zero-order valence-electron chi connectivity index (χ0n) is 17.0. The molecule has 5 nitrogen and oxygen atoms in total. The summed E-state index contributed by atoms with van der Waals surface area (Å²) in [6.07, 6.45) is 0. The van der Waals surface area contributed by atoms with Crippen LogP contribution in [0.25, 0.3) is 0 Å². The summed E-state index contributed by atoms with van der Waals surface area (Å²) in [7, 11) is 4.94. The Hall–Kier alpha value is -2.40. The van der Waals surface area contributed by atoms with Gasteiger partial charge in [0.1, 0.15) is 0 Å². The lowest BCUT2D eigenvalue weighted by molar-refractivity contribution is 0.248. The Bertz CT molecular complexity index is 758. The number of methoxy groups -OCH3 is 3. The van der Waals surface area contributed by atoms with Crippen molar-refractivity contribution in [3.63, 3.8) is 0 Å². The summed E-state index contributed by atoms with van der Waals surface area (Å²) in [6, 6.07) is 10.8. The molecule has 0 aliphatic carbocycles. The van der Waals surface area contributed by atoms with Crippen LogP contribution in [0.3, 0.4) is 0 Å². The maximum absolute atomic E-state index is 5.47. The first kappa shape index (κ1) is 19.4. The van der Waals surface area contributed by atoms with Crippen LogP contribution in [-0.4, -0.2) is 52.4 Å². The highest BCUT2D eigenvalue weighted by atomic mass is 16.5. The molecule has 1 aliphatic rings. The predicted octanol–water partition coefficient (Wildman–Crippen LogP) is 3.65. The van der Waals surface area contributed by atoms with Gasteiger partial charge in [0.2, 0.25) is 5.75 Å². The zero-order valence-corrected chi connectivity index (χ0v) is 17.0. The Balaban J connectivity index is 1.66. The van der Waals surface area contributed by atoms with Gasteiger partial charge in [-0.2, -0.15) is 0 Å². The molecule has 146 valence electrons. The van der Waals surface area contributed by atoms with Gasteiger partial charge in [0.15, 0.2) is 11.5 Å². The van der Waals surface area contributed by atoms with E-state index in [0.29, 0.717) is 17.2 Å². The van der Waals surface area contributed by atoms with Crippen molar-refractivity contribution in [2.75, 3.05) is 52.4 Å². The molecule has 0 N–H and O–H groups in total. The van der Waals surface area contributed by atoms with Crippen molar-refractivity contribution in [3.05, 3.63) is 47.0 Å². The second-order valence-corrected chi connectivity index (χ2v) is 7.07. The normalized spacial score (nSPS) is 14.9. The van der Waals surface area contributed by atoms with Gasteiger partial charge in [-0.3, -0.25) is 4.90 Å². The second kappa shape index (κ2) is 8.53. The van der Waals surface area contributed by atoms with Crippen LogP contribution in [0.5, 0.6) is 17.2 Å². The average Bonchev–Trinajstić information content (AvgIpc) is 2.69. The summed E-state index contributed by atoms with van der Waals surface area (Å²) in [5, 5.41) is 0. The summed E-state index contributed by atoms with van der Waals surface area (Å²) in [5.74, 6) is 2.06. The molecule has 5 heteroatoms. The van der Waals surface area contributed by atoms with Gasteiger partial charge < -0.3 is 19.1 Å². The van der Waals surface area contributed by atoms with Crippen LogP contribution in [0, 0.1) is 13.8 Å². The van der Waals surface area contributed by atoms with Crippen LogP contribution < -0.4 is 19.1 Å². The third kappa shape index (κ3) is 4.30. The Morgan fingerprint density at radius 3 is 1.93 bits per heavy atom. The minimum Gasteiger partial charge on any atom is -0.493 e. The Kier molecular flexibility index (Phi) is 6.11. The van der Waals surface area contributed by atoms with Crippen LogP contribution in [0.4, 0.5) is 5.69 Å². The van der Waals surface area contributed by atoms with Crippen molar-refractivity contribution in [3.8, 4) is 17.2 Å². The topological polar surface area (TPSA) is 34.2 Å². The minimum atomic E-state index is 0.642. The van der Waals surface area contributed by atoms with E-state index in [9.17, 15) is 0 Å². The minimum absolute atomic E-state index is 0.642. The molecule has 2 aromatic rings. The Morgan fingerprint density at radius 1 is 0.778 bits per heavy atom. The molecule has 0 amide bonds. The Labute approximate surface area is 162 Å². The van der Waals surface area contributed by atoms with Crippen molar-refractivity contribution in [1.82, 2.24) is 4.90 Å². The molecule has 0 spiro atoms. The third-order valence-corrected chi connectivity index (χ3v) is 5.36. The molecule has 1 heterocycles. The van der Waals surface area contributed by atoms with Gasteiger partial charge in [-0.05, 0) is 54.8 Å². The van der Waals surface area contributed by atoms with Gasteiger partial charge in [0, 0.05) is 38.4 Å². The molecular weight excluding hydrogens is 340 g/mol. The van der Waals surface area contributed by atoms with Crippen LogP contribution in [0.15, 0.2) is 30.3 Å². The molecule has 1 saturated heterocycles. The van der Waals surface area contributed by atoms with Gasteiger partial charge in [0.05, 0.1) is 21.3 Å². The first-order valence-electron chi connectivity index (χ1n) is 9.39. The second-order valence-electron chi connectivity index (χ2n) is 7.07. The number of anilines is 1. The molecule has 0 aromatic heterocycles. The third-order valence-electron chi connectivity index (χ3n) is 5.36. The number of rotatable bonds is 6. The zero-order chi connectivity index (χ0) is 19.4. The van der Waals surface area contributed by atoms with E-state index in [4.69, 9.17) is 14.2 Å². The van der Waals surface area contributed by atoms with E-state index >= 15 is 0 Å². The monoisotopic (exact) mass is 370 g/mol.